The molecular weight excluding hydrogens is 230 g/mol. The van der Waals surface area contributed by atoms with Gasteiger partial charge in [0.05, 0.1) is 12.7 Å². The number of nitrogens with zero attached hydrogens (tertiary/aromatic N) is 4. The molecule has 100 valence electrons. The smallest absolute Gasteiger partial charge is 0.226 e. The van der Waals surface area contributed by atoms with Gasteiger partial charge in [-0.1, -0.05) is 0 Å². The highest BCUT2D eigenvalue weighted by atomic mass is 16.5. The van der Waals surface area contributed by atoms with Crippen molar-refractivity contribution >= 4 is 11.8 Å². The number of anilines is 2. The fourth-order valence-electron chi connectivity index (χ4n) is 1.90. The first-order chi connectivity index (χ1) is 8.66. The second kappa shape index (κ2) is 5.97. The normalized spacial score (nSPS) is 19.6. The summed E-state index contributed by atoms with van der Waals surface area (Å²) in [5.74, 6) is 1.64. The molecule has 0 saturated carbocycles. The number of ether oxygens (including phenoxy) is 1. The molecule has 6 nitrogen and oxygen atoms in total. The molecule has 1 aromatic rings. The van der Waals surface area contributed by atoms with Gasteiger partial charge in [0, 0.05) is 47.0 Å². The molecule has 1 atom stereocenters. The molecule has 0 radical (unpaired) electrons. The van der Waals surface area contributed by atoms with Gasteiger partial charge < -0.3 is 19.9 Å². The van der Waals surface area contributed by atoms with E-state index in [1.165, 1.54) is 0 Å². The third-order valence-electron chi connectivity index (χ3n) is 2.90. The lowest BCUT2D eigenvalue weighted by atomic mass is 10.3. The summed E-state index contributed by atoms with van der Waals surface area (Å²) < 4.78 is 5.69. The second-order valence-corrected chi connectivity index (χ2v) is 4.69. The van der Waals surface area contributed by atoms with Crippen LogP contribution in [0.3, 0.4) is 0 Å². The van der Waals surface area contributed by atoms with Crippen LogP contribution >= 0.6 is 0 Å². The largest absolute Gasteiger partial charge is 0.374 e. The van der Waals surface area contributed by atoms with Crippen molar-refractivity contribution in [2.24, 2.45) is 0 Å². The Morgan fingerprint density at radius 1 is 1.44 bits per heavy atom. The minimum absolute atomic E-state index is 0.224. The SMILES string of the molecule is CN(C)c1nccc(N(C)CC2CNCCO2)n1. The van der Waals surface area contributed by atoms with Gasteiger partial charge in [-0.2, -0.15) is 4.98 Å². The molecule has 0 bridgehead atoms. The van der Waals surface area contributed by atoms with E-state index in [9.17, 15) is 0 Å². The maximum absolute atomic E-state index is 5.69. The van der Waals surface area contributed by atoms with Gasteiger partial charge in [-0.3, -0.25) is 0 Å². The Balaban J connectivity index is 1.99. The van der Waals surface area contributed by atoms with Crippen molar-refractivity contribution in [3.8, 4) is 0 Å². The lowest BCUT2D eigenvalue weighted by molar-refractivity contribution is 0.0339. The highest BCUT2D eigenvalue weighted by Crippen LogP contribution is 2.13. The molecule has 0 aromatic carbocycles. The molecular formula is C12H21N5O. The standard InChI is InChI=1S/C12H21N5O/c1-16(2)12-14-5-4-11(15-12)17(3)9-10-8-13-6-7-18-10/h4-5,10,13H,6-9H2,1-3H3. The van der Waals surface area contributed by atoms with Crippen molar-refractivity contribution in [2.45, 2.75) is 6.10 Å². The fourth-order valence-corrected chi connectivity index (χ4v) is 1.90. The minimum Gasteiger partial charge on any atom is -0.374 e. The summed E-state index contributed by atoms with van der Waals surface area (Å²) in [4.78, 5) is 12.7. The van der Waals surface area contributed by atoms with Crippen molar-refractivity contribution in [1.82, 2.24) is 15.3 Å². The van der Waals surface area contributed by atoms with Gasteiger partial charge in [-0.05, 0) is 6.07 Å². The van der Waals surface area contributed by atoms with Crippen LogP contribution in [0, 0.1) is 0 Å². The van der Waals surface area contributed by atoms with Crippen LogP contribution in [-0.2, 0) is 4.74 Å². The Hall–Kier alpha value is -1.40. The van der Waals surface area contributed by atoms with Crippen LogP contribution in [-0.4, -0.2) is 63.5 Å². The zero-order chi connectivity index (χ0) is 13.0. The molecule has 1 aliphatic heterocycles. The van der Waals surface area contributed by atoms with Crippen LogP contribution in [0.1, 0.15) is 0 Å². The van der Waals surface area contributed by atoms with Crippen molar-refractivity contribution < 1.29 is 4.74 Å². The molecule has 1 saturated heterocycles. The summed E-state index contributed by atoms with van der Waals surface area (Å²) >= 11 is 0. The van der Waals surface area contributed by atoms with E-state index >= 15 is 0 Å². The zero-order valence-electron chi connectivity index (χ0n) is 11.3. The van der Waals surface area contributed by atoms with Crippen molar-refractivity contribution in [2.75, 3.05) is 57.2 Å². The van der Waals surface area contributed by atoms with Crippen LogP contribution in [0.15, 0.2) is 12.3 Å². The monoisotopic (exact) mass is 251 g/mol. The van der Waals surface area contributed by atoms with Crippen molar-refractivity contribution in [1.29, 1.82) is 0 Å². The first-order valence-electron chi connectivity index (χ1n) is 6.20. The van der Waals surface area contributed by atoms with Crippen LogP contribution in [0.2, 0.25) is 0 Å². The molecule has 1 unspecified atom stereocenters. The number of aromatic nitrogens is 2. The lowest BCUT2D eigenvalue weighted by Crippen LogP contribution is -2.44. The van der Waals surface area contributed by atoms with Crippen LogP contribution < -0.4 is 15.1 Å². The molecule has 2 rings (SSSR count). The summed E-state index contributed by atoms with van der Waals surface area (Å²) in [5.41, 5.74) is 0. The maximum atomic E-state index is 5.69. The summed E-state index contributed by atoms with van der Waals surface area (Å²) in [7, 11) is 5.90. The van der Waals surface area contributed by atoms with E-state index in [0.717, 1.165) is 38.0 Å². The van der Waals surface area contributed by atoms with Crippen molar-refractivity contribution in [3.63, 3.8) is 0 Å². The zero-order valence-corrected chi connectivity index (χ0v) is 11.3. The number of morpholine rings is 1. The molecule has 1 N–H and O–H groups in total. The van der Waals surface area contributed by atoms with Gasteiger partial charge in [-0.25, -0.2) is 4.98 Å². The van der Waals surface area contributed by atoms with Gasteiger partial charge in [0.25, 0.3) is 0 Å². The van der Waals surface area contributed by atoms with Gasteiger partial charge in [0.1, 0.15) is 5.82 Å². The van der Waals surface area contributed by atoms with Crippen molar-refractivity contribution in [3.05, 3.63) is 12.3 Å². The van der Waals surface area contributed by atoms with Crippen LogP contribution in [0.5, 0.6) is 0 Å². The summed E-state index contributed by atoms with van der Waals surface area (Å²) in [6.45, 7) is 3.45. The van der Waals surface area contributed by atoms with E-state index in [-0.39, 0.29) is 6.10 Å². The number of hydrogen-bond acceptors (Lipinski definition) is 6. The highest BCUT2D eigenvalue weighted by Gasteiger charge is 2.16. The fraction of sp³-hybridized carbons (Fsp3) is 0.667. The van der Waals surface area contributed by atoms with Crippen LogP contribution in [0.25, 0.3) is 0 Å². The average Bonchev–Trinajstić information content (AvgIpc) is 2.40. The molecule has 0 aliphatic carbocycles. The van der Waals surface area contributed by atoms with Gasteiger partial charge in [-0.15, -0.1) is 0 Å². The van der Waals surface area contributed by atoms with E-state index in [4.69, 9.17) is 4.74 Å². The lowest BCUT2D eigenvalue weighted by Gasteiger charge is -2.28. The highest BCUT2D eigenvalue weighted by molar-refractivity contribution is 5.42. The first-order valence-corrected chi connectivity index (χ1v) is 6.20. The third kappa shape index (κ3) is 3.30. The number of likely N-dealkylation sites (N-methyl/N-ethyl adjacent to an activating group) is 1. The Morgan fingerprint density at radius 2 is 2.28 bits per heavy atom. The molecule has 0 amide bonds. The number of hydrogen-bond donors (Lipinski definition) is 1. The van der Waals surface area contributed by atoms with E-state index in [1.807, 2.05) is 32.1 Å². The quantitative estimate of drug-likeness (QED) is 0.811. The summed E-state index contributed by atoms with van der Waals surface area (Å²) in [6.07, 6.45) is 2.01. The Bertz CT molecular complexity index is 378. The predicted molar refractivity (Wildman–Crippen MR) is 72.2 cm³/mol. The summed E-state index contributed by atoms with van der Waals surface area (Å²) in [6, 6.07) is 1.92. The van der Waals surface area contributed by atoms with Gasteiger partial charge in [0.2, 0.25) is 5.95 Å². The predicted octanol–water partition coefficient (Wildman–Crippen LogP) is -0.0328. The van der Waals surface area contributed by atoms with Crippen LogP contribution in [0.4, 0.5) is 11.8 Å². The van der Waals surface area contributed by atoms with E-state index in [1.54, 1.807) is 6.20 Å². The Kier molecular flexibility index (Phi) is 4.33. The average molecular weight is 251 g/mol. The van der Waals surface area contributed by atoms with Gasteiger partial charge in [0.15, 0.2) is 0 Å². The topological polar surface area (TPSA) is 53.5 Å². The maximum Gasteiger partial charge on any atom is 0.226 e. The molecule has 1 aliphatic rings. The molecule has 18 heavy (non-hydrogen) atoms. The van der Waals surface area contributed by atoms with Gasteiger partial charge >= 0.3 is 0 Å². The first kappa shape index (κ1) is 13.0. The van der Waals surface area contributed by atoms with E-state index in [0.29, 0.717) is 0 Å². The molecule has 6 heteroatoms. The Morgan fingerprint density at radius 3 is 2.94 bits per heavy atom. The molecule has 2 heterocycles. The van der Waals surface area contributed by atoms with E-state index < -0.39 is 0 Å². The molecule has 0 spiro atoms. The third-order valence-corrected chi connectivity index (χ3v) is 2.90. The summed E-state index contributed by atoms with van der Waals surface area (Å²) in [5, 5.41) is 3.33. The Labute approximate surface area is 108 Å². The number of nitrogens with one attached hydrogen (secondary N) is 1. The molecule has 1 fully saturated rings. The second-order valence-electron chi connectivity index (χ2n) is 4.69. The number of rotatable bonds is 4. The minimum atomic E-state index is 0.224. The van der Waals surface area contributed by atoms with E-state index in [2.05, 4.69) is 20.2 Å². The molecule has 1 aromatic heterocycles.